The third-order valence-corrected chi connectivity index (χ3v) is 3.16. The summed E-state index contributed by atoms with van der Waals surface area (Å²) in [6.07, 6.45) is 5.47. The molecule has 2 rings (SSSR count). The van der Waals surface area contributed by atoms with Crippen molar-refractivity contribution in [3.63, 3.8) is 0 Å². The summed E-state index contributed by atoms with van der Waals surface area (Å²) in [6, 6.07) is 0. The van der Waals surface area contributed by atoms with Crippen molar-refractivity contribution in [3.05, 3.63) is 35.7 Å². The van der Waals surface area contributed by atoms with Gasteiger partial charge in [-0.1, -0.05) is 13.8 Å². The Labute approximate surface area is 125 Å². The number of nitrogens with zero attached hydrogens (tertiary/aromatic N) is 4. The average Bonchev–Trinajstić information content (AvgIpc) is 3.05. The normalized spacial score (nSPS) is 11.1. The van der Waals surface area contributed by atoms with E-state index in [0.717, 1.165) is 17.8 Å². The number of imidazole rings is 1. The summed E-state index contributed by atoms with van der Waals surface area (Å²) < 4.78 is 1.87. The van der Waals surface area contributed by atoms with Crippen LogP contribution in [-0.2, 0) is 13.1 Å². The molecule has 0 unspecified atom stereocenters. The molecule has 0 saturated carbocycles. The van der Waals surface area contributed by atoms with E-state index >= 15 is 0 Å². The van der Waals surface area contributed by atoms with Crippen LogP contribution in [0.4, 0.5) is 0 Å². The van der Waals surface area contributed by atoms with Gasteiger partial charge in [0, 0.05) is 43.3 Å². The summed E-state index contributed by atoms with van der Waals surface area (Å²) in [5, 5.41) is 4.26. The summed E-state index contributed by atoms with van der Waals surface area (Å²) in [7, 11) is 0. The van der Waals surface area contributed by atoms with E-state index in [0.29, 0.717) is 24.8 Å². The van der Waals surface area contributed by atoms with Gasteiger partial charge in [0.15, 0.2) is 5.82 Å². The Morgan fingerprint density at radius 1 is 1.43 bits per heavy atom. The lowest BCUT2D eigenvalue weighted by Gasteiger charge is -2.23. The highest BCUT2D eigenvalue weighted by molar-refractivity contribution is 5.90. The molecule has 0 aliphatic carbocycles. The first-order valence-corrected chi connectivity index (χ1v) is 7.31. The fourth-order valence-electron chi connectivity index (χ4n) is 2.21. The van der Waals surface area contributed by atoms with Gasteiger partial charge < -0.3 is 9.88 Å². The molecule has 6 heteroatoms. The second kappa shape index (κ2) is 6.56. The molecule has 6 nitrogen and oxygen atoms in total. The zero-order valence-corrected chi connectivity index (χ0v) is 13.1. The Balaban J connectivity index is 2.15. The topological polar surface area (TPSA) is 66.8 Å². The van der Waals surface area contributed by atoms with Crippen LogP contribution in [-0.4, -0.2) is 37.1 Å². The second-order valence-electron chi connectivity index (χ2n) is 5.70. The molecule has 0 fully saturated rings. The van der Waals surface area contributed by atoms with Crippen molar-refractivity contribution in [3.8, 4) is 0 Å². The first-order valence-electron chi connectivity index (χ1n) is 7.31. The lowest BCUT2D eigenvalue weighted by molar-refractivity contribution is 0.0711. The molecule has 1 amide bonds. The van der Waals surface area contributed by atoms with E-state index in [4.69, 9.17) is 0 Å². The molecule has 0 saturated heterocycles. The van der Waals surface area contributed by atoms with Crippen molar-refractivity contribution in [2.75, 3.05) is 6.54 Å². The molecule has 0 aromatic carbocycles. The van der Waals surface area contributed by atoms with Crippen LogP contribution in [0.15, 0.2) is 18.6 Å². The van der Waals surface area contributed by atoms with Gasteiger partial charge in [-0.05, 0) is 19.8 Å². The minimum Gasteiger partial charge on any atom is -0.338 e. The Bertz CT molecular complexity index is 599. The maximum Gasteiger partial charge on any atom is 0.289 e. The number of nitrogens with one attached hydrogen (secondary N) is 1. The van der Waals surface area contributed by atoms with Gasteiger partial charge in [-0.3, -0.25) is 9.48 Å². The minimum atomic E-state index is -0.0685. The van der Waals surface area contributed by atoms with E-state index in [9.17, 15) is 4.79 Å². The zero-order valence-electron chi connectivity index (χ0n) is 13.1. The maximum atomic E-state index is 12.6. The second-order valence-corrected chi connectivity index (χ2v) is 5.70. The molecule has 0 bridgehead atoms. The minimum absolute atomic E-state index is 0.0685. The number of aromatic amines is 1. The van der Waals surface area contributed by atoms with E-state index in [1.807, 2.05) is 35.8 Å². The summed E-state index contributed by atoms with van der Waals surface area (Å²) >= 11 is 0. The molecule has 0 aliphatic heterocycles. The van der Waals surface area contributed by atoms with Crippen LogP contribution in [0.3, 0.4) is 0 Å². The quantitative estimate of drug-likeness (QED) is 0.886. The number of aromatic nitrogens is 4. The Kier molecular flexibility index (Phi) is 4.77. The molecule has 114 valence electrons. The molecule has 2 heterocycles. The van der Waals surface area contributed by atoms with Gasteiger partial charge in [0.25, 0.3) is 5.91 Å². The number of H-pyrrole nitrogens is 1. The van der Waals surface area contributed by atoms with Crippen LogP contribution in [0.1, 0.15) is 42.6 Å². The van der Waals surface area contributed by atoms with Crippen LogP contribution < -0.4 is 0 Å². The van der Waals surface area contributed by atoms with Gasteiger partial charge in [0.1, 0.15) is 0 Å². The van der Waals surface area contributed by atoms with E-state index in [1.165, 1.54) is 0 Å². The van der Waals surface area contributed by atoms with Gasteiger partial charge in [-0.25, -0.2) is 4.98 Å². The highest BCUT2D eigenvalue weighted by atomic mass is 16.2. The number of rotatable bonds is 6. The molecule has 0 atom stereocenters. The van der Waals surface area contributed by atoms with E-state index in [1.54, 1.807) is 6.20 Å². The summed E-state index contributed by atoms with van der Waals surface area (Å²) in [4.78, 5) is 21.5. The van der Waals surface area contributed by atoms with Crippen molar-refractivity contribution in [2.45, 2.75) is 40.8 Å². The predicted octanol–water partition coefficient (Wildman–Crippen LogP) is 2.23. The predicted molar refractivity (Wildman–Crippen MR) is 80.8 cm³/mol. The van der Waals surface area contributed by atoms with Crippen molar-refractivity contribution in [2.24, 2.45) is 5.92 Å². The van der Waals surface area contributed by atoms with Crippen LogP contribution in [0.2, 0.25) is 0 Å². The van der Waals surface area contributed by atoms with Crippen molar-refractivity contribution >= 4 is 5.91 Å². The van der Waals surface area contributed by atoms with Crippen molar-refractivity contribution in [1.82, 2.24) is 24.6 Å². The summed E-state index contributed by atoms with van der Waals surface area (Å²) in [5.74, 6) is 0.725. The average molecular weight is 289 g/mol. The Morgan fingerprint density at radius 2 is 2.19 bits per heavy atom. The van der Waals surface area contributed by atoms with Crippen LogP contribution in [0.25, 0.3) is 0 Å². The Hall–Kier alpha value is -2.11. The lowest BCUT2D eigenvalue weighted by atomic mass is 10.2. The van der Waals surface area contributed by atoms with Crippen molar-refractivity contribution < 1.29 is 4.79 Å². The third kappa shape index (κ3) is 3.93. The molecule has 0 radical (unpaired) electrons. The molecule has 2 aromatic rings. The van der Waals surface area contributed by atoms with E-state index in [-0.39, 0.29) is 5.91 Å². The van der Waals surface area contributed by atoms with Gasteiger partial charge in [-0.15, -0.1) is 0 Å². The van der Waals surface area contributed by atoms with Crippen molar-refractivity contribution in [1.29, 1.82) is 0 Å². The zero-order chi connectivity index (χ0) is 15.4. The standard InChI is InChI=1S/C15H23N5O/c1-5-20-10-13(7-17-20)9-19(8-11(2)3)15(21)14-16-6-12(4)18-14/h6-7,10-11H,5,8-9H2,1-4H3,(H,16,18). The molecule has 2 aromatic heterocycles. The fraction of sp³-hybridized carbons (Fsp3) is 0.533. The van der Waals surface area contributed by atoms with Crippen LogP contribution >= 0.6 is 0 Å². The molecule has 0 aliphatic rings. The summed E-state index contributed by atoms with van der Waals surface area (Å²) in [6.45, 7) is 10.2. The van der Waals surface area contributed by atoms with Gasteiger partial charge >= 0.3 is 0 Å². The SMILES string of the molecule is CCn1cc(CN(CC(C)C)C(=O)c2ncc(C)[nH]2)cn1. The van der Waals surface area contributed by atoms with E-state index < -0.39 is 0 Å². The number of hydrogen-bond acceptors (Lipinski definition) is 3. The monoisotopic (exact) mass is 289 g/mol. The Morgan fingerprint density at radius 3 is 2.71 bits per heavy atom. The fourth-order valence-corrected chi connectivity index (χ4v) is 2.21. The first kappa shape index (κ1) is 15.3. The molecular formula is C15H23N5O. The number of hydrogen-bond donors (Lipinski definition) is 1. The number of carbonyl (C=O) groups is 1. The van der Waals surface area contributed by atoms with Gasteiger partial charge in [0.2, 0.25) is 0 Å². The van der Waals surface area contributed by atoms with Crippen LogP contribution in [0.5, 0.6) is 0 Å². The van der Waals surface area contributed by atoms with Gasteiger partial charge in [-0.2, -0.15) is 5.10 Å². The first-order chi connectivity index (χ1) is 9.99. The lowest BCUT2D eigenvalue weighted by Crippen LogP contribution is -2.34. The molecule has 1 N–H and O–H groups in total. The summed E-state index contributed by atoms with van der Waals surface area (Å²) in [5.41, 5.74) is 1.93. The highest BCUT2D eigenvalue weighted by Gasteiger charge is 2.20. The highest BCUT2D eigenvalue weighted by Crippen LogP contribution is 2.11. The number of carbonyl (C=O) groups excluding carboxylic acids is 1. The van der Waals surface area contributed by atoms with Gasteiger partial charge in [0.05, 0.1) is 6.20 Å². The molecule has 21 heavy (non-hydrogen) atoms. The molecule has 0 spiro atoms. The van der Waals surface area contributed by atoms with E-state index in [2.05, 4.69) is 28.9 Å². The number of aryl methyl sites for hydroxylation is 2. The third-order valence-electron chi connectivity index (χ3n) is 3.16. The number of amides is 1. The molecular weight excluding hydrogens is 266 g/mol. The largest absolute Gasteiger partial charge is 0.338 e. The maximum absolute atomic E-state index is 12.6. The van der Waals surface area contributed by atoms with Crippen LogP contribution in [0, 0.1) is 12.8 Å². The smallest absolute Gasteiger partial charge is 0.289 e.